The van der Waals surface area contributed by atoms with Crippen LogP contribution >= 0.6 is 27.3 Å². The number of hydrogen-bond acceptors (Lipinski definition) is 3. The second kappa shape index (κ2) is 6.78. The average molecular weight is 357 g/mol. The van der Waals surface area contributed by atoms with Crippen LogP contribution in [-0.4, -0.2) is 11.5 Å². The molecule has 1 aromatic heterocycles. The molecule has 2 rings (SSSR count). The maximum absolute atomic E-state index is 14.2. The molecule has 2 aromatic rings. The van der Waals surface area contributed by atoms with Crippen molar-refractivity contribution in [3.05, 3.63) is 49.6 Å². The van der Waals surface area contributed by atoms with Crippen molar-refractivity contribution in [3.8, 4) is 0 Å². The third kappa shape index (κ3) is 3.45. The minimum Gasteiger partial charge on any atom is -0.304 e. The van der Waals surface area contributed by atoms with Crippen molar-refractivity contribution in [2.45, 2.75) is 33.2 Å². The molecule has 1 aromatic carbocycles. The van der Waals surface area contributed by atoms with Crippen LogP contribution in [0.1, 0.15) is 40.5 Å². The van der Waals surface area contributed by atoms with Gasteiger partial charge in [-0.3, -0.25) is 0 Å². The minimum absolute atomic E-state index is 0.180. The molecule has 5 heteroatoms. The second-order valence-corrected chi connectivity index (χ2v) is 6.90. The monoisotopic (exact) mass is 356 g/mol. The van der Waals surface area contributed by atoms with Crippen molar-refractivity contribution in [1.29, 1.82) is 0 Å². The van der Waals surface area contributed by atoms with E-state index in [9.17, 15) is 4.39 Å². The highest BCUT2D eigenvalue weighted by atomic mass is 79.9. The smallest absolute Gasteiger partial charge is 0.129 e. The highest BCUT2D eigenvalue weighted by Gasteiger charge is 2.21. The summed E-state index contributed by atoms with van der Waals surface area (Å²) >= 11 is 4.93. The third-order valence-electron chi connectivity index (χ3n) is 3.16. The van der Waals surface area contributed by atoms with E-state index in [4.69, 9.17) is 0 Å². The zero-order valence-electron chi connectivity index (χ0n) is 11.8. The van der Waals surface area contributed by atoms with Gasteiger partial charge in [0.15, 0.2) is 0 Å². The van der Waals surface area contributed by atoms with Crippen LogP contribution in [0, 0.1) is 19.7 Å². The van der Waals surface area contributed by atoms with E-state index in [-0.39, 0.29) is 11.9 Å². The lowest BCUT2D eigenvalue weighted by atomic mass is 10.1. The Balaban J connectivity index is 2.41. The van der Waals surface area contributed by atoms with Gasteiger partial charge in [0.1, 0.15) is 10.8 Å². The fourth-order valence-electron chi connectivity index (χ4n) is 1.98. The van der Waals surface area contributed by atoms with Crippen molar-refractivity contribution in [3.63, 3.8) is 0 Å². The molecule has 0 aliphatic carbocycles. The van der Waals surface area contributed by atoms with E-state index in [1.165, 1.54) is 10.9 Å². The van der Waals surface area contributed by atoms with Gasteiger partial charge in [-0.15, -0.1) is 11.3 Å². The molecular formula is C15H18BrFN2S. The van der Waals surface area contributed by atoms with E-state index < -0.39 is 0 Å². The van der Waals surface area contributed by atoms with E-state index >= 15 is 0 Å². The van der Waals surface area contributed by atoms with Gasteiger partial charge in [-0.2, -0.15) is 0 Å². The second-order valence-electron chi connectivity index (χ2n) is 4.75. The molecule has 0 aliphatic heterocycles. The van der Waals surface area contributed by atoms with Crippen molar-refractivity contribution < 1.29 is 4.39 Å². The van der Waals surface area contributed by atoms with E-state index in [1.807, 2.05) is 26.0 Å². The SMILES string of the molecule is CCCNC(c1nc(C)c(C)s1)c1ccc(Br)cc1F. The molecule has 0 bridgehead atoms. The third-order valence-corrected chi connectivity index (χ3v) is 4.79. The maximum atomic E-state index is 14.2. The number of hydrogen-bond donors (Lipinski definition) is 1. The largest absolute Gasteiger partial charge is 0.304 e. The Morgan fingerprint density at radius 2 is 2.15 bits per heavy atom. The lowest BCUT2D eigenvalue weighted by Gasteiger charge is -2.17. The van der Waals surface area contributed by atoms with E-state index in [0.717, 1.165) is 28.1 Å². The number of aryl methyl sites for hydroxylation is 2. The molecule has 2 nitrogen and oxygen atoms in total. The minimum atomic E-state index is -0.210. The van der Waals surface area contributed by atoms with Gasteiger partial charge in [0, 0.05) is 14.9 Å². The Bertz CT molecular complexity index is 578. The normalized spacial score (nSPS) is 12.7. The number of rotatable bonds is 5. The predicted molar refractivity (Wildman–Crippen MR) is 85.8 cm³/mol. The highest BCUT2D eigenvalue weighted by molar-refractivity contribution is 9.10. The molecule has 0 spiro atoms. The Kier molecular flexibility index (Phi) is 5.29. The summed E-state index contributed by atoms with van der Waals surface area (Å²) in [6, 6.07) is 5.01. The first-order valence-electron chi connectivity index (χ1n) is 6.65. The lowest BCUT2D eigenvalue weighted by Crippen LogP contribution is -2.24. The van der Waals surface area contributed by atoms with E-state index in [1.54, 1.807) is 11.3 Å². The van der Waals surface area contributed by atoms with E-state index in [2.05, 4.69) is 33.2 Å². The van der Waals surface area contributed by atoms with Crippen molar-refractivity contribution >= 4 is 27.3 Å². The Morgan fingerprint density at radius 3 is 2.70 bits per heavy atom. The van der Waals surface area contributed by atoms with Crippen molar-refractivity contribution in [2.24, 2.45) is 0 Å². The lowest BCUT2D eigenvalue weighted by molar-refractivity contribution is 0.544. The summed E-state index contributed by atoms with van der Waals surface area (Å²) in [5.74, 6) is -0.210. The van der Waals surface area contributed by atoms with Crippen LogP contribution in [0.4, 0.5) is 4.39 Å². The summed E-state index contributed by atoms with van der Waals surface area (Å²) < 4.78 is 15.0. The zero-order valence-corrected chi connectivity index (χ0v) is 14.2. The maximum Gasteiger partial charge on any atom is 0.129 e. The van der Waals surface area contributed by atoms with Gasteiger partial charge in [0.2, 0.25) is 0 Å². The van der Waals surface area contributed by atoms with Gasteiger partial charge in [0.25, 0.3) is 0 Å². The van der Waals surface area contributed by atoms with Gasteiger partial charge in [-0.1, -0.05) is 28.9 Å². The average Bonchev–Trinajstić information content (AvgIpc) is 2.72. The summed E-state index contributed by atoms with van der Waals surface area (Å²) in [5.41, 5.74) is 1.67. The molecule has 0 fully saturated rings. The van der Waals surface area contributed by atoms with Crippen molar-refractivity contribution in [1.82, 2.24) is 10.3 Å². The molecule has 0 radical (unpaired) electrons. The Labute approximate surface area is 131 Å². The molecule has 108 valence electrons. The summed E-state index contributed by atoms with van der Waals surface area (Å²) in [5, 5.41) is 4.32. The van der Waals surface area contributed by atoms with Crippen LogP contribution in [0.3, 0.4) is 0 Å². The topological polar surface area (TPSA) is 24.9 Å². The summed E-state index contributed by atoms with van der Waals surface area (Å²) in [6.07, 6.45) is 0.998. The summed E-state index contributed by atoms with van der Waals surface area (Å²) in [7, 11) is 0. The van der Waals surface area contributed by atoms with Crippen LogP contribution in [0.25, 0.3) is 0 Å². The molecule has 1 heterocycles. The fraction of sp³-hybridized carbons (Fsp3) is 0.400. The first kappa shape index (κ1) is 15.6. The first-order valence-corrected chi connectivity index (χ1v) is 8.26. The summed E-state index contributed by atoms with van der Waals surface area (Å²) in [4.78, 5) is 5.76. The van der Waals surface area contributed by atoms with Crippen LogP contribution < -0.4 is 5.32 Å². The van der Waals surface area contributed by atoms with Gasteiger partial charge in [-0.05, 0) is 38.9 Å². The van der Waals surface area contributed by atoms with E-state index in [0.29, 0.717) is 5.56 Å². The first-order chi connectivity index (χ1) is 9.52. The van der Waals surface area contributed by atoms with Crippen LogP contribution in [0.2, 0.25) is 0 Å². The van der Waals surface area contributed by atoms with Crippen LogP contribution in [-0.2, 0) is 0 Å². The molecule has 0 saturated heterocycles. The van der Waals surface area contributed by atoms with Crippen LogP contribution in [0.15, 0.2) is 22.7 Å². The Morgan fingerprint density at radius 1 is 1.40 bits per heavy atom. The number of nitrogens with zero attached hydrogens (tertiary/aromatic N) is 1. The Hall–Kier alpha value is -0.780. The number of thiazole rings is 1. The van der Waals surface area contributed by atoms with Gasteiger partial charge >= 0.3 is 0 Å². The van der Waals surface area contributed by atoms with Gasteiger partial charge < -0.3 is 5.32 Å². The van der Waals surface area contributed by atoms with Crippen LogP contribution in [0.5, 0.6) is 0 Å². The standard InChI is InChI=1S/C15H18BrFN2S/c1-4-7-18-14(15-19-9(2)10(3)20-15)12-6-5-11(16)8-13(12)17/h5-6,8,14,18H,4,7H2,1-3H3. The van der Waals surface area contributed by atoms with Gasteiger partial charge in [0.05, 0.1) is 11.7 Å². The molecular weight excluding hydrogens is 339 g/mol. The molecule has 1 N–H and O–H groups in total. The number of aromatic nitrogens is 1. The summed E-state index contributed by atoms with van der Waals surface area (Å²) in [6.45, 7) is 6.97. The molecule has 1 unspecified atom stereocenters. The quantitative estimate of drug-likeness (QED) is 0.835. The molecule has 0 aliphatic rings. The number of nitrogens with one attached hydrogen (secondary N) is 1. The fourth-order valence-corrected chi connectivity index (χ4v) is 3.33. The predicted octanol–water partition coefficient (Wildman–Crippen LogP) is 4.75. The molecule has 1 atom stereocenters. The highest BCUT2D eigenvalue weighted by Crippen LogP contribution is 2.30. The van der Waals surface area contributed by atoms with Crippen molar-refractivity contribution in [2.75, 3.05) is 6.54 Å². The number of halogens is 2. The molecule has 20 heavy (non-hydrogen) atoms. The molecule has 0 amide bonds. The van der Waals surface area contributed by atoms with Gasteiger partial charge in [-0.25, -0.2) is 9.37 Å². The number of benzene rings is 1. The molecule has 0 saturated carbocycles. The zero-order chi connectivity index (χ0) is 14.7.